The SMILES string of the molecule is CCCNC(CCC(=O)O)Cc1ccccc1. The van der Waals surface area contributed by atoms with E-state index >= 15 is 0 Å². The molecule has 17 heavy (non-hydrogen) atoms. The molecule has 2 N–H and O–H groups in total. The van der Waals surface area contributed by atoms with E-state index in [0.717, 1.165) is 19.4 Å². The normalized spacial score (nSPS) is 12.3. The third-order valence-corrected chi connectivity index (χ3v) is 2.71. The molecule has 0 aliphatic heterocycles. The molecule has 1 aromatic carbocycles. The van der Waals surface area contributed by atoms with Crippen molar-refractivity contribution in [2.75, 3.05) is 6.54 Å². The quantitative estimate of drug-likeness (QED) is 0.727. The molecule has 1 unspecified atom stereocenters. The minimum absolute atomic E-state index is 0.230. The molecule has 0 spiro atoms. The van der Waals surface area contributed by atoms with Crippen LogP contribution in [-0.4, -0.2) is 23.7 Å². The molecule has 0 fully saturated rings. The van der Waals surface area contributed by atoms with Crippen molar-refractivity contribution in [2.45, 2.75) is 38.6 Å². The fourth-order valence-corrected chi connectivity index (χ4v) is 1.82. The molecule has 94 valence electrons. The third-order valence-electron chi connectivity index (χ3n) is 2.71. The number of carboxylic acid groups (broad SMARTS) is 1. The Morgan fingerprint density at radius 2 is 2.06 bits per heavy atom. The van der Waals surface area contributed by atoms with E-state index < -0.39 is 5.97 Å². The Bertz CT molecular complexity index is 324. The lowest BCUT2D eigenvalue weighted by atomic mass is 10.0. The summed E-state index contributed by atoms with van der Waals surface area (Å²) in [6, 6.07) is 10.5. The number of benzene rings is 1. The van der Waals surface area contributed by atoms with Crippen LogP contribution in [0.1, 0.15) is 31.7 Å². The first kappa shape index (κ1) is 13.7. The van der Waals surface area contributed by atoms with Crippen LogP contribution in [0.25, 0.3) is 0 Å². The number of hydrogen-bond acceptors (Lipinski definition) is 2. The summed E-state index contributed by atoms with van der Waals surface area (Å²) in [6.07, 6.45) is 2.88. The Morgan fingerprint density at radius 1 is 1.35 bits per heavy atom. The Labute approximate surface area is 103 Å². The summed E-state index contributed by atoms with van der Waals surface area (Å²) < 4.78 is 0. The van der Waals surface area contributed by atoms with Gasteiger partial charge in [0, 0.05) is 12.5 Å². The van der Waals surface area contributed by atoms with Crippen molar-refractivity contribution in [1.82, 2.24) is 5.32 Å². The van der Waals surface area contributed by atoms with Crippen LogP contribution in [0.3, 0.4) is 0 Å². The summed E-state index contributed by atoms with van der Waals surface area (Å²) in [5.74, 6) is -0.721. The zero-order chi connectivity index (χ0) is 12.5. The molecule has 0 amide bonds. The van der Waals surface area contributed by atoms with Crippen molar-refractivity contribution in [1.29, 1.82) is 0 Å². The Kier molecular flexibility index (Phi) is 6.33. The molecular formula is C14H21NO2. The van der Waals surface area contributed by atoms with Crippen molar-refractivity contribution in [3.05, 3.63) is 35.9 Å². The smallest absolute Gasteiger partial charge is 0.303 e. The first-order chi connectivity index (χ1) is 8.22. The Balaban J connectivity index is 2.47. The van der Waals surface area contributed by atoms with E-state index in [9.17, 15) is 4.79 Å². The van der Waals surface area contributed by atoms with Gasteiger partial charge >= 0.3 is 5.97 Å². The van der Waals surface area contributed by atoms with Crippen molar-refractivity contribution in [3.8, 4) is 0 Å². The molecule has 1 atom stereocenters. The number of nitrogens with one attached hydrogen (secondary N) is 1. The average Bonchev–Trinajstić information content (AvgIpc) is 2.34. The molecule has 0 saturated carbocycles. The predicted octanol–water partition coefficient (Wildman–Crippen LogP) is 2.46. The molecule has 1 aromatic rings. The van der Waals surface area contributed by atoms with Gasteiger partial charge in [-0.1, -0.05) is 37.3 Å². The monoisotopic (exact) mass is 235 g/mol. The molecule has 0 bridgehead atoms. The van der Waals surface area contributed by atoms with Gasteiger partial charge in [-0.3, -0.25) is 4.79 Å². The molecule has 3 nitrogen and oxygen atoms in total. The summed E-state index contributed by atoms with van der Waals surface area (Å²) in [4.78, 5) is 10.6. The Morgan fingerprint density at radius 3 is 2.65 bits per heavy atom. The maximum Gasteiger partial charge on any atom is 0.303 e. The second-order valence-corrected chi connectivity index (χ2v) is 4.27. The first-order valence-corrected chi connectivity index (χ1v) is 6.21. The van der Waals surface area contributed by atoms with Crippen LogP contribution in [0, 0.1) is 0 Å². The van der Waals surface area contributed by atoms with Gasteiger partial charge in [0.05, 0.1) is 0 Å². The minimum atomic E-state index is -0.721. The van der Waals surface area contributed by atoms with Crippen LogP contribution < -0.4 is 5.32 Å². The molecule has 3 heteroatoms. The van der Waals surface area contributed by atoms with Gasteiger partial charge < -0.3 is 10.4 Å². The standard InChI is InChI=1S/C14H21NO2/c1-2-10-15-13(8-9-14(16)17)11-12-6-4-3-5-7-12/h3-7,13,15H,2,8-11H2,1H3,(H,16,17). The van der Waals surface area contributed by atoms with Crippen molar-refractivity contribution in [2.24, 2.45) is 0 Å². The van der Waals surface area contributed by atoms with Crippen molar-refractivity contribution in [3.63, 3.8) is 0 Å². The molecule has 0 aromatic heterocycles. The van der Waals surface area contributed by atoms with E-state index in [2.05, 4.69) is 24.4 Å². The van der Waals surface area contributed by atoms with Gasteiger partial charge in [-0.2, -0.15) is 0 Å². The van der Waals surface area contributed by atoms with Gasteiger partial charge in [-0.05, 0) is 31.4 Å². The van der Waals surface area contributed by atoms with Gasteiger partial charge in [0.15, 0.2) is 0 Å². The van der Waals surface area contributed by atoms with Crippen molar-refractivity contribution < 1.29 is 9.90 Å². The number of carbonyl (C=O) groups is 1. The zero-order valence-corrected chi connectivity index (χ0v) is 10.4. The van der Waals surface area contributed by atoms with Crippen LogP contribution in [0.15, 0.2) is 30.3 Å². The van der Waals surface area contributed by atoms with E-state index in [1.807, 2.05) is 18.2 Å². The van der Waals surface area contributed by atoms with Crippen LogP contribution in [0.4, 0.5) is 0 Å². The molecule has 0 radical (unpaired) electrons. The first-order valence-electron chi connectivity index (χ1n) is 6.21. The lowest BCUT2D eigenvalue weighted by molar-refractivity contribution is -0.137. The highest BCUT2D eigenvalue weighted by Gasteiger charge is 2.10. The maximum absolute atomic E-state index is 10.6. The second kappa shape index (κ2) is 7.85. The summed E-state index contributed by atoms with van der Waals surface area (Å²) in [5.41, 5.74) is 1.26. The summed E-state index contributed by atoms with van der Waals surface area (Å²) in [6.45, 7) is 3.06. The molecule has 1 rings (SSSR count). The van der Waals surface area contributed by atoms with E-state index in [1.165, 1.54) is 5.56 Å². The fraction of sp³-hybridized carbons (Fsp3) is 0.500. The highest BCUT2D eigenvalue weighted by Crippen LogP contribution is 2.07. The lowest BCUT2D eigenvalue weighted by Gasteiger charge is -2.17. The third kappa shape index (κ3) is 6.07. The summed E-state index contributed by atoms with van der Waals surface area (Å²) in [7, 11) is 0. The second-order valence-electron chi connectivity index (χ2n) is 4.27. The van der Waals surface area contributed by atoms with Gasteiger partial charge in [0.2, 0.25) is 0 Å². The van der Waals surface area contributed by atoms with Gasteiger partial charge in [0.25, 0.3) is 0 Å². The predicted molar refractivity (Wildman–Crippen MR) is 69.1 cm³/mol. The Hall–Kier alpha value is -1.35. The molecular weight excluding hydrogens is 214 g/mol. The largest absolute Gasteiger partial charge is 0.481 e. The molecule has 0 heterocycles. The highest BCUT2D eigenvalue weighted by atomic mass is 16.4. The maximum atomic E-state index is 10.6. The van der Waals surface area contributed by atoms with Crippen molar-refractivity contribution >= 4 is 5.97 Å². The van der Waals surface area contributed by atoms with Gasteiger partial charge in [0.1, 0.15) is 0 Å². The number of hydrogen-bond donors (Lipinski definition) is 2. The molecule has 0 saturated heterocycles. The van der Waals surface area contributed by atoms with Crippen LogP contribution in [-0.2, 0) is 11.2 Å². The number of carboxylic acids is 1. The zero-order valence-electron chi connectivity index (χ0n) is 10.4. The van der Waals surface area contributed by atoms with Crippen LogP contribution in [0.5, 0.6) is 0 Å². The van der Waals surface area contributed by atoms with Crippen LogP contribution >= 0.6 is 0 Å². The fourth-order valence-electron chi connectivity index (χ4n) is 1.82. The topological polar surface area (TPSA) is 49.3 Å². The highest BCUT2D eigenvalue weighted by molar-refractivity contribution is 5.66. The van der Waals surface area contributed by atoms with Gasteiger partial charge in [-0.15, -0.1) is 0 Å². The van der Waals surface area contributed by atoms with Gasteiger partial charge in [-0.25, -0.2) is 0 Å². The molecule has 0 aliphatic carbocycles. The van der Waals surface area contributed by atoms with E-state index in [4.69, 9.17) is 5.11 Å². The minimum Gasteiger partial charge on any atom is -0.481 e. The number of aliphatic carboxylic acids is 1. The summed E-state index contributed by atoms with van der Waals surface area (Å²) >= 11 is 0. The lowest BCUT2D eigenvalue weighted by Crippen LogP contribution is -2.32. The van der Waals surface area contributed by atoms with E-state index in [1.54, 1.807) is 0 Å². The summed E-state index contributed by atoms with van der Waals surface area (Å²) in [5, 5.41) is 12.1. The van der Waals surface area contributed by atoms with E-state index in [-0.39, 0.29) is 12.5 Å². The van der Waals surface area contributed by atoms with Crippen LogP contribution in [0.2, 0.25) is 0 Å². The molecule has 0 aliphatic rings. The van der Waals surface area contributed by atoms with E-state index in [0.29, 0.717) is 6.42 Å². The number of rotatable bonds is 8. The average molecular weight is 235 g/mol.